The second-order valence-electron chi connectivity index (χ2n) is 4.59. The summed E-state index contributed by atoms with van der Waals surface area (Å²) >= 11 is 0. The molecule has 2 aliphatic rings. The van der Waals surface area contributed by atoms with Crippen molar-refractivity contribution < 1.29 is 5.11 Å². The Hall–Kier alpha value is -0.300. The summed E-state index contributed by atoms with van der Waals surface area (Å²) in [6.07, 6.45) is 13.5. The van der Waals surface area contributed by atoms with Crippen molar-refractivity contribution >= 4 is 0 Å². The van der Waals surface area contributed by atoms with Gasteiger partial charge in [0.15, 0.2) is 0 Å². The zero-order valence-electron chi connectivity index (χ0n) is 8.28. The number of allylic oxidation sites excluding steroid dienone is 1. The molecule has 2 rings (SSSR count). The van der Waals surface area contributed by atoms with Gasteiger partial charge in [0, 0.05) is 0 Å². The van der Waals surface area contributed by atoms with Crippen LogP contribution in [-0.2, 0) is 0 Å². The van der Waals surface area contributed by atoms with E-state index in [1.165, 1.54) is 38.5 Å². The molecule has 2 atom stereocenters. The van der Waals surface area contributed by atoms with Crippen molar-refractivity contribution in [1.29, 1.82) is 0 Å². The van der Waals surface area contributed by atoms with Gasteiger partial charge in [-0.05, 0) is 37.5 Å². The highest BCUT2D eigenvalue weighted by Gasteiger charge is 2.24. The van der Waals surface area contributed by atoms with E-state index in [-0.39, 0.29) is 6.10 Å². The minimum atomic E-state index is -0.153. The van der Waals surface area contributed by atoms with Gasteiger partial charge in [0.1, 0.15) is 0 Å². The van der Waals surface area contributed by atoms with E-state index in [9.17, 15) is 5.11 Å². The number of hydrogen-bond donors (Lipinski definition) is 1. The summed E-state index contributed by atoms with van der Waals surface area (Å²) in [7, 11) is 0. The van der Waals surface area contributed by atoms with Crippen LogP contribution in [0.1, 0.15) is 44.9 Å². The highest BCUT2D eigenvalue weighted by atomic mass is 16.3. The average Bonchev–Trinajstić information content (AvgIpc) is 2.20. The summed E-state index contributed by atoms with van der Waals surface area (Å²) in [5.74, 6) is 1.71. The summed E-state index contributed by atoms with van der Waals surface area (Å²) in [5.41, 5.74) is 0. The largest absolute Gasteiger partial charge is 0.389 e. The second-order valence-corrected chi connectivity index (χ2v) is 4.59. The fourth-order valence-corrected chi connectivity index (χ4v) is 2.78. The maximum atomic E-state index is 9.34. The van der Waals surface area contributed by atoms with Crippen LogP contribution < -0.4 is 0 Å². The van der Waals surface area contributed by atoms with Crippen molar-refractivity contribution in [3.05, 3.63) is 12.2 Å². The summed E-state index contributed by atoms with van der Waals surface area (Å²) in [5, 5.41) is 9.34. The molecule has 1 saturated carbocycles. The fraction of sp³-hybridized carbons (Fsp3) is 0.833. The highest BCUT2D eigenvalue weighted by Crippen LogP contribution is 2.35. The molecule has 0 spiro atoms. The van der Waals surface area contributed by atoms with E-state index in [1.54, 1.807) is 0 Å². The molecule has 0 amide bonds. The van der Waals surface area contributed by atoms with Gasteiger partial charge in [-0.3, -0.25) is 0 Å². The van der Waals surface area contributed by atoms with Crippen LogP contribution in [-0.4, -0.2) is 11.2 Å². The Bertz CT molecular complexity index is 180. The van der Waals surface area contributed by atoms with E-state index in [1.807, 2.05) is 6.08 Å². The van der Waals surface area contributed by atoms with Crippen LogP contribution in [0, 0.1) is 11.8 Å². The topological polar surface area (TPSA) is 20.2 Å². The Morgan fingerprint density at radius 3 is 2.23 bits per heavy atom. The lowest BCUT2D eigenvalue weighted by atomic mass is 9.76. The van der Waals surface area contributed by atoms with Crippen LogP contribution in [0.3, 0.4) is 0 Å². The van der Waals surface area contributed by atoms with Crippen molar-refractivity contribution in [2.75, 3.05) is 0 Å². The van der Waals surface area contributed by atoms with Gasteiger partial charge in [-0.25, -0.2) is 0 Å². The second kappa shape index (κ2) is 4.28. The molecule has 0 aromatic carbocycles. The van der Waals surface area contributed by atoms with Crippen molar-refractivity contribution in [1.82, 2.24) is 0 Å². The van der Waals surface area contributed by atoms with Crippen LogP contribution in [0.4, 0.5) is 0 Å². The summed E-state index contributed by atoms with van der Waals surface area (Å²) in [4.78, 5) is 0. The molecule has 74 valence electrons. The Kier molecular flexibility index (Phi) is 3.05. The molecule has 0 radical (unpaired) electrons. The summed E-state index contributed by atoms with van der Waals surface area (Å²) in [6.45, 7) is 0. The van der Waals surface area contributed by atoms with Gasteiger partial charge in [-0.15, -0.1) is 0 Å². The molecule has 0 aromatic heterocycles. The van der Waals surface area contributed by atoms with Gasteiger partial charge in [0.25, 0.3) is 0 Å². The van der Waals surface area contributed by atoms with Crippen molar-refractivity contribution in [3.63, 3.8) is 0 Å². The van der Waals surface area contributed by atoms with Crippen molar-refractivity contribution in [3.8, 4) is 0 Å². The summed E-state index contributed by atoms with van der Waals surface area (Å²) < 4.78 is 0. The van der Waals surface area contributed by atoms with E-state index in [0.717, 1.165) is 18.3 Å². The first-order valence-corrected chi connectivity index (χ1v) is 5.72. The predicted octanol–water partition coefficient (Wildman–Crippen LogP) is 2.89. The fourth-order valence-electron chi connectivity index (χ4n) is 2.78. The molecule has 13 heavy (non-hydrogen) atoms. The molecule has 2 aliphatic carbocycles. The lowest BCUT2D eigenvalue weighted by Gasteiger charge is -2.30. The van der Waals surface area contributed by atoms with Gasteiger partial charge in [-0.1, -0.05) is 31.4 Å². The van der Waals surface area contributed by atoms with Gasteiger partial charge in [0.05, 0.1) is 6.10 Å². The molecule has 1 N–H and O–H groups in total. The maximum Gasteiger partial charge on any atom is 0.0721 e. The Balaban J connectivity index is 1.89. The number of rotatable bonds is 1. The third-order valence-corrected chi connectivity index (χ3v) is 3.63. The van der Waals surface area contributed by atoms with Crippen LogP contribution in [0.2, 0.25) is 0 Å². The molecule has 1 heteroatoms. The lowest BCUT2D eigenvalue weighted by Crippen LogP contribution is -2.21. The molecule has 0 bridgehead atoms. The molecule has 0 aliphatic heterocycles. The quantitative estimate of drug-likeness (QED) is 0.615. The van der Waals surface area contributed by atoms with Crippen molar-refractivity contribution in [2.45, 2.75) is 51.0 Å². The molecule has 0 aromatic rings. The third-order valence-electron chi connectivity index (χ3n) is 3.63. The van der Waals surface area contributed by atoms with E-state index in [0.29, 0.717) is 0 Å². The number of hydrogen-bond acceptors (Lipinski definition) is 1. The highest BCUT2D eigenvalue weighted by molar-refractivity contribution is 5.00. The SMILES string of the molecule is O[C@@H]1C=C[C@@H](C2CCCCC2)CC1. The van der Waals surface area contributed by atoms with Crippen LogP contribution in [0.5, 0.6) is 0 Å². The first-order valence-electron chi connectivity index (χ1n) is 5.72. The molecule has 1 fully saturated rings. The van der Waals surface area contributed by atoms with Gasteiger partial charge >= 0.3 is 0 Å². The van der Waals surface area contributed by atoms with E-state index in [4.69, 9.17) is 0 Å². The maximum absolute atomic E-state index is 9.34. The van der Waals surface area contributed by atoms with Crippen LogP contribution in [0.25, 0.3) is 0 Å². The average molecular weight is 180 g/mol. The number of aliphatic hydroxyl groups is 1. The Morgan fingerprint density at radius 1 is 0.846 bits per heavy atom. The summed E-state index contributed by atoms with van der Waals surface area (Å²) in [6, 6.07) is 0. The minimum absolute atomic E-state index is 0.153. The third kappa shape index (κ3) is 2.34. The van der Waals surface area contributed by atoms with Gasteiger partial charge < -0.3 is 5.11 Å². The molecule has 0 saturated heterocycles. The normalized spacial score (nSPS) is 36.4. The zero-order chi connectivity index (χ0) is 9.10. The molecule has 1 nitrogen and oxygen atoms in total. The van der Waals surface area contributed by atoms with E-state index >= 15 is 0 Å². The lowest BCUT2D eigenvalue weighted by molar-refractivity contribution is 0.174. The molecule has 0 heterocycles. The minimum Gasteiger partial charge on any atom is -0.389 e. The van der Waals surface area contributed by atoms with Crippen LogP contribution >= 0.6 is 0 Å². The molecular weight excluding hydrogens is 160 g/mol. The smallest absolute Gasteiger partial charge is 0.0721 e. The number of aliphatic hydroxyl groups excluding tert-OH is 1. The first-order chi connectivity index (χ1) is 6.36. The standard InChI is InChI=1S/C12H20O/c13-12-8-6-11(7-9-12)10-4-2-1-3-5-10/h6,8,10-13H,1-5,7,9H2/t11-,12-/m1/s1. The van der Waals surface area contributed by atoms with E-state index in [2.05, 4.69) is 6.08 Å². The first kappa shape index (κ1) is 9.26. The molecule has 0 unspecified atom stereocenters. The van der Waals surface area contributed by atoms with Gasteiger partial charge in [-0.2, -0.15) is 0 Å². The van der Waals surface area contributed by atoms with E-state index < -0.39 is 0 Å². The monoisotopic (exact) mass is 180 g/mol. The van der Waals surface area contributed by atoms with Gasteiger partial charge in [0.2, 0.25) is 0 Å². The molecular formula is C12H20O. The predicted molar refractivity (Wildman–Crippen MR) is 54.4 cm³/mol. The zero-order valence-corrected chi connectivity index (χ0v) is 8.28. The van der Waals surface area contributed by atoms with Crippen molar-refractivity contribution in [2.24, 2.45) is 11.8 Å². The van der Waals surface area contributed by atoms with Crippen LogP contribution in [0.15, 0.2) is 12.2 Å². The Labute approximate surface area is 80.8 Å². The Morgan fingerprint density at radius 2 is 1.62 bits per heavy atom.